The Morgan fingerprint density at radius 2 is 2.03 bits per heavy atom. The zero-order valence-corrected chi connectivity index (χ0v) is 18.7. The molecule has 1 N–H and O–H groups in total. The van der Waals surface area contributed by atoms with Crippen LogP contribution in [-0.4, -0.2) is 33.5 Å². The molecule has 1 aliphatic rings. The maximum absolute atomic E-state index is 5.12. The Labute approximate surface area is 180 Å². The number of pyridine rings is 2. The highest BCUT2D eigenvalue weighted by Gasteiger charge is 2.34. The molecule has 0 aromatic carbocycles. The zero-order chi connectivity index (χ0) is 20.9. The van der Waals surface area contributed by atoms with Gasteiger partial charge in [0.05, 0.1) is 10.2 Å². The molecular formula is C23H26N6S. The Bertz CT molecular complexity index is 1230. The summed E-state index contributed by atoms with van der Waals surface area (Å²) in [5.41, 5.74) is 5.19. The van der Waals surface area contributed by atoms with Gasteiger partial charge in [-0.25, -0.2) is 15.0 Å². The van der Waals surface area contributed by atoms with E-state index in [-0.39, 0.29) is 5.41 Å². The molecule has 0 fully saturated rings. The first-order valence-corrected chi connectivity index (χ1v) is 11.2. The Morgan fingerprint density at radius 1 is 1.20 bits per heavy atom. The summed E-state index contributed by atoms with van der Waals surface area (Å²) in [6.07, 6.45) is 7.44. The van der Waals surface area contributed by atoms with E-state index < -0.39 is 0 Å². The third-order valence-electron chi connectivity index (χ3n) is 5.93. The lowest BCUT2D eigenvalue weighted by Crippen LogP contribution is -2.19. The molecule has 0 amide bonds. The monoisotopic (exact) mass is 418 g/mol. The molecule has 4 heterocycles. The van der Waals surface area contributed by atoms with Crippen molar-refractivity contribution in [1.82, 2.24) is 19.9 Å². The molecule has 30 heavy (non-hydrogen) atoms. The van der Waals surface area contributed by atoms with E-state index in [4.69, 9.17) is 9.97 Å². The van der Waals surface area contributed by atoms with Gasteiger partial charge in [0.15, 0.2) is 0 Å². The van der Waals surface area contributed by atoms with Crippen molar-refractivity contribution in [3.63, 3.8) is 0 Å². The second-order valence-corrected chi connectivity index (χ2v) is 9.82. The zero-order valence-electron chi connectivity index (χ0n) is 17.9. The molecule has 0 saturated heterocycles. The van der Waals surface area contributed by atoms with Crippen LogP contribution in [0, 0.1) is 5.41 Å². The summed E-state index contributed by atoms with van der Waals surface area (Å²) in [4.78, 5) is 21.9. The number of hydrogen-bond donors (Lipinski definition) is 1. The largest absolute Gasteiger partial charge is 0.365 e. The minimum absolute atomic E-state index is 0.240. The quantitative estimate of drug-likeness (QED) is 0.501. The van der Waals surface area contributed by atoms with Crippen LogP contribution in [0.25, 0.3) is 20.4 Å². The van der Waals surface area contributed by atoms with E-state index in [0.29, 0.717) is 6.54 Å². The fourth-order valence-electron chi connectivity index (χ4n) is 4.38. The maximum atomic E-state index is 5.12. The smallest absolute Gasteiger partial charge is 0.147 e. The molecule has 0 spiro atoms. The highest BCUT2D eigenvalue weighted by atomic mass is 32.1. The van der Waals surface area contributed by atoms with E-state index >= 15 is 0 Å². The fraction of sp³-hybridized carbons (Fsp3) is 0.391. The van der Waals surface area contributed by atoms with E-state index in [0.717, 1.165) is 51.6 Å². The van der Waals surface area contributed by atoms with Gasteiger partial charge in [-0.1, -0.05) is 19.9 Å². The summed E-state index contributed by atoms with van der Waals surface area (Å²) >= 11 is 1.69. The van der Waals surface area contributed by atoms with E-state index in [9.17, 15) is 0 Å². The number of thiophene rings is 1. The van der Waals surface area contributed by atoms with Gasteiger partial charge in [-0.15, -0.1) is 11.3 Å². The lowest BCUT2D eigenvalue weighted by molar-refractivity contribution is 0.393. The lowest BCUT2D eigenvalue weighted by atomic mass is 9.90. The van der Waals surface area contributed by atoms with Gasteiger partial charge >= 0.3 is 0 Å². The van der Waals surface area contributed by atoms with Crippen LogP contribution in [0.4, 0.5) is 11.6 Å². The van der Waals surface area contributed by atoms with Gasteiger partial charge in [0.25, 0.3) is 0 Å². The molecule has 0 aliphatic heterocycles. The van der Waals surface area contributed by atoms with Crippen molar-refractivity contribution in [2.45, 2.75) is 40.2 Å². The number of nitrogens with one attached hydrogen (secondary N) is 1. The van der Waals surface area contributed by atoms with Gasteiger partial charge in [0.1, 0.15) is 22.8 Å². The lowest BCUT2D eigenvalue weighted by Gasteiger charge is -2.20. The van der Waals surface area contributed by atoms with Gasteiger partial charge in [-0.2, -0.15) is 0 Å². The van der Waals surface area contributed by atoms with Gasteiger partial charge in [-0.05, 0) is 47.9 Å². The molecule has 0 unspecified atom stereocenters. The summed E-state index contributed by atoms with van der Waals surface area (Å²) in [7, 11) is 2.13. The number of fused-ring (bicyclic) bond motifs is 5. The average Bonchev–Trinajstić information content (AvgIpc) is 3.28. The van der Waals surface area contributed by atoms with Crippen molar-refractivity contribution in [3.8, 4) is 0 Å². The van der Waals surface area contributed by atoms with E-state index in [1.54, 1.807) is 23.9 Å². The van der Waals surface area contributed by atoms with Crippen LogP contribution in [0.1, 0.15) is 37.5 Å². The number of aromatic nitrogens is 4. The molecule has 4 aromatic rings. The number of anilines is 2. The van der Waals surface area contributed by atoms with Crippen LogP contribution in [0.5, 0.6) is 0 Å². The highest BCUT2D eigenvalue weighted by molar-refractivity contribution is 7.26. The predicted octanol–water partition coefficient (Wildman–Crippen LogP) is 4.83. The highest BCUT2D eigenvalue weighted by Crippen LogP contribution is 2.47. The van der Waals surface area contributed by atoms with Crippen molar-refractivity contribution < 1.29 is 0 Å². The summed E-state index contributed by atoms with van der Waals surface area (Å²) in [5, 5.41) is 4.70. The number of rotatable bonds is 5. The molecule has 154 valence electrons. The van der Waals surface area contributed by atoms with Gasteiger partial charge < -0.3 is 10.2 Å². The summed E-state index contributed by atoms with van der Waals surface area (Å²) in [5.74, 6) is 1.98. The molecule has 1 aliphatic carbocycles. The van der Waals surface area contributed by atoms with Crippen molar-refractivity contribution in [3.05, 3.63) is 47.5 Å². The molecule has 0 atom stereocenters. The van der Waals surface area contributed by atoms with E-state index in [2.05, 4.69) is 54.1 Å². The summed E-state index contributed by atoms with van der Waals surface area (Å²) < 4.78 is 1.08. The first-order chi connectivity index (χ1) is 14.5. The maximum Gasteiger partial charge on any atom is 0.147 e. The second-order valence-electron chi connectivity index (χ2n) is 8.82. The normalized spacial score (nSPS) is 14.9. The van der Waals surface area contributed by atoms with Crippen molar-refractivity contribution in [2.24, 2.45) is 5.41 Å². The van der Waals surface area contributed by atoms with Gasteiger partial charge in [-0.3, -0.25) is 4.98 Å². The van der Waals surface area contributed by atoms with E-state index in [1.165, 1.54) is 16.5 Å². The molecule has 0 radical (unpaired) electrons. The Balaban J connectivity index is 1.66. The Hall–Kier alpha value is -2.80. The number of nitrogens with zero attached hydrogens (tertiary/aromatic N) is 5. The van der Waals surface area contributed by atoms with Crippen LogP contribution in [-0.2, 0) is 19.4 Å². The van der Waals surface area contributed by atoms with Crippen molar-refractivity contribution >= 4 is 43.4 Å². The first kappa shape index (κ1) is 19.2. The molecule has 7 heteroatoms. The minimum Gasteiger partial charge on any atom is -0.365 e. The van der Waals surface area contributed by atoms with Crippen LogP contribution in [0.2, 0.25) is 0 Å². The SMILES string of the molecule is CCN(C)c1nc2sc3c(NCc4cccnc4)ncnc3c2c2c1CC(C)(C)C2. The number of hydrogen-bond acceptors (Lipinski definition) is 7. The van der Waals surface area contributed by atoms with Crippen LogP contribution < -0.4 is 10.2 Å². The van der Waals surface area contributed by atoms with Crippen LogP contribution in [0.3, 0.4) is 0 Å². The fourth-order valence-corrected chi connectivity index (χ4v) is 5.50. The molecule has 5 rings (SSSR count). The third-order valence-corrected chi connectivity index (χ3v) is 7.01. The summed E-state index contributed by atoms with van der Waals surface area (Å²) in [6.45, 7) is 8.48. The molecule has 0 saturated carbocycles. The predicted molar refractivity (Wildman–Crippen MR) is 124 cm³/mol. The average molecular weight is 419 g/mol. The Morgan fingerprint density at radius 3 is 2.80 bits per heavy atom. The van der Waals surface area contributed by atoms with E-state index in [1.807, 2.05) is 12.3 Å². The minimum atomic E-state index is 0.240. The molecule has 0 bridgehead atoms. The van der Waals surface area contributed by atoms with Crippen LogP contribution >= 0.6 is 11.3 Å². The van der Waals surface area contributed by atoms with Crippen LogP contribution in [0.15, 0.2) is 30.9 Å². The Kier molecular flexibility index (Phi) is 4.58. The molecule has 4 aromatic heterocycles. The van der Waals surface area contributed by atoms with Crippen molar-refractivity contribution in [1.29, 1.82) is 0 Å². The summed E-state index contributed by atoms with van der Waals surface area (Å²) in [6, 6.07) is 4.01. The standard InChI is InChI=1S/C23H26N6S/c1-5-29(4)21-16-10-23(2,3)9-15(16)17-18-19(30-22(17)28-21)20(27-13-26-18)25-12-14-7-6-8-24-11-14/h6-8,11,13H,5,9-10,12H2,1-4H3,(H,25,26,27). The van der Waals surface area contributed by atoms with Gasteiger partial charge in [0, 0.05) is 37.9 Å². The molecule has 6 nitrogen and oxygen atoms in total. The first-order valence-electron chi connectivity index (χ1n) is 10.4. The molecular weight excluding hydrogens is 392 g/mol. The second kappa shape index (κ2) is 7.16. The van der Waals surface area contributed by atoms with Crippen molar-refractivity contribution in [2.75, 3.05) is 23.8 Å². The van der Waals surface area contributed by atoms with Gasteiger partial charge in [0.2, 0.25) is 0 Å². The topological polar surface area (TPSA) is 66.8 Å². The third kappa shape index (κ3) is 3.17.